The first-order valence-corrected chi connectivity index (χ1v) is 7.78. The van der Waals surface area contributed by atoms with E-state index in [0.29, 0.717) is 17.8 Å². The smallest absolute Gasteiger partial charge is 0.228 e. The van der Waals surface area contributed by atoms with Crippen LogP contribution in [0.15, 0.2) is 22.9 Å². The third-order valence-corrected chi connectivity index (χ3v) is 3.50. The summed E-state index contributed by atoms with van der Waals surface area (Å²) in [4.78, 5) is 8.90. The fourth-order valence-corrected chi connectivity index (χ4v) is 2.48. The summed E-state index contributed by atoms with van der Waals surface area (Å²) < 4.78 is 5.40. The number of likely N-dealkylation sites (N-methyl/N-ethyl adjacent to an activating group) is 1. The Hall–Kier alpha value is -1.75. The molecule has 0 spiro atoms. The maximum Gasteiger partial charge on any atom is 0.228 e. The molecule has 1 unspecified atom stereocenters. The van der Waals surface area contributed by atoms with Gasteiger partial charge in [-0.05, 0) is 31.0 Å². The Kier molecular flexibility index (Phi) is 5.87. The summed E-state index contributed by atoms with van der Waals surface area (Å²) >= 11 is 0. The zero-order valence-electron chi connectivity index (χ0n) is 13.1. The van der Waals surface area contributed by atoms with Crippen LogP contribution < -0.4 is 5.32 Å². The van der Waals surface area contributed by atoms with Gasteiger partial charge in [-0.3, -0.25) is 4.98 Å². The summed E-state index contributed by atoms with van der Waals surface area (Å²) in [5.41, 5.74) is 1.96. The highest BCUT2D eigenvalue weighted by Gasteiger charge is 2.16. The van der Waals surface area contributed by atoms with Gasteiger partial charge in [-0.25, -0.2) is 0 Å². The topological polar surface area (TPSA) is 63.8 Å². The highest BCUT2D eigenvalue weighted by molar-refractivity contribution is 5.53. The van der Waals surface area contributed by atoms with Crippen LogP contribution in [0.5, 0.6) is 0 Å². The molecule has 0 aliphatic carbocycles. The minimum absolute atomic E-state index is 0.391. The van der Waals surface area contributed by atoms with Gasteiger partial charge in [0.05, 0.1) is 0 Å². The van der Waals surface area contributed by atoms with Crippen LogP contribution in [0.4, 0.5) is 0 Å². The van der Waals surface area contributed by atoms with E-state index in [0.717, 1.165) is 43.5 Å². The van der Waals surface area contributed by atoms with Gasteiger partial charge in [-0.2, -0.15) is 4.98 Å². The Bertz CT molecular complexity index is 547. The van der Waals surface area contributed by atoms with Gasteiger partial charge in [0.2, 0.25) is 11.7 Å². The molecule has 0 bridgehead atoms. The molecule has 0 aliphatic rings. The molecule has 0 fully saturated rings. The molecule has 2 heterocycles. The van der Waals surface area contributed by atoms with Crippen LogP contribution in [0.2, 0.25) is 0 Å². The van der Waals surface area contributed by atoms with Crippen LogP contribution in [-0.2, 0) is 12.8 Å². The van der Waals surface area contributed by atoms with E-state index in [1.807, 2.05) is 6.07 Å². The quantitative estimate of drug-likeness (QED) is 0.809. The number of hydrogen-bond acceptors (Lipinski definition) is 5. The summed E-state index contributed by atoms with van der Waals surface area (Å²) in [5.74, 6) is 1.27. The second kappa shape index (κ2) is 7.88. The third kappa shape index (κ3) is 4.11. The van der Waals surface area contributed by atoms with Crippen molar-refractivity contribution in [3.05, 3.63) is 29.8 Å². The first-order valence-electron chi connectivity index (χ1n) is 7.78. The molecule has 0 radical (unpaired) electrons. The van der Waals surface area contributed by atoms with Gasteiger partial charge in [0.25, 0.3) is 0 Å². The maximum absolute atomic E-state index is 5.40. The van der Waals surface area contributed by atoms with E-state index in [9.17, 15) is 0 Å². The van der Waals surface area contributed by atoms with E-state index < -0.39 is 0 Å². The normalized spacial score (nSPS) is 12.5. The molecule has 5 nitrogen and oxygen atoms in total. The highest BCUT2D eigenvalue weighted by atomic mass is 16.5. The number of aromatic nitrogens is 3. The summed E-state index contributed by atoms with van der Waals surface area (Å²) in [6, 6.07) is 4.38. The van der Waals surface area contributed by atoms with Gasteiger partial charge in [0, 0.05) is 18.7 Å². The SMILES string of the molecule is CCCC(Cc1nc(-c2ncccc2CC)no1)NCC. The van der Waals surface area contributed by atoms with E-state index in [1.165, 1.54) is 0 Å². The minimum Gasteiger partial charge on any atom is -0.339 e. The molecule has 2 aromatic heterocycles. The predicted octanol–water partition coefficient (Wildman–Crippen LogP) is 3.01. The van der Waals surface area contributed by atoms with Crippen LogP contribution in [0.3, 0.4) is 0 Å². The van der Waals surface area contributed by atoms with Crippen molar-refractivity contribution in [1.82, 2.24) is 20.4 Å². The lowest BCUT2D eigenvalue weighted by atomic mass is 10.1. The number of nitrogens with one attached hydrogen (secondary N) is 1. The van der Waals surface area contributed by atoms with Crippen molar-refractivity contribution in [3.63, 3.8) is 0 Å². The van der Waals surface area contributed by atoms with E-state index >= 15 is 0 Å². The van der Waals surface area contributed by atoms with Gasteiger partial charge >= 0.3 is 0 Å². The first kappa shape index (κ1) is 15.6. The lowest BCUT2D eigenvalue weighted by Gasteiger charge is -2.14. The lowest BCUT2D eigenvalue weighted by molar-refractivity contribution is 0.352. The highest BCUT2D eigenvalue weighted by Crippen LogP contribution is 2.19. The third-order valence-electron chi connectivity index (χ3n) is 3.50. The van der Waals surface area contributed by atoms with Gasteiger partial charge in [0.15, 0.2) is 0 Å². The van der Waals surface area contributed by atoms with E-state index in [2.05, 4.69) is 47.3 Å². The second-order valence-electron chi connectivity index (χ2n) is 5.12. The van der Waals surface area contributed by atoms with Gasteiger partial charge in [-0.1, -0.05) is 38.4 Å². The molecule has 2 rings (SSSR count). The number of rotatable bonds is 8. The first-order chi connectivity index (χ1) is 10.3. The molecule has 0 aliphatic heterocycles. The zero-order chi connectivity index (χ0) is 15.1. The van der Waals surface area contributed by atoms with E-state index in [4.69, 9.17) is 4.52 Å². The van der Waals surface area contributed by atoms with Crippen LogP contribution >= 0.6 is 0 Å². The number of pyridine rings is 1. The molecule has 0 aromatic carbocycles. The fraction of sp³-hybridized carbons (Fsp3) is 0.562. The zero-order valence-corrected chi connectivity index (χ0v) is 13.1. The molecular formula is C16H24N4O. The molecule has 0 amide bonds. The van der Waals surface area contributed by atoms with Gasteiger partial charge in [0.1, 0.15) is 5.69 Å². The van der Waals surface area contributed by atoms with Crippen LogP contribution in [0.1, 0.15) is 45.1 Å². The monoisotopic (exact) mass is 288 g/mol. The summed E-state index contributed by atoms with van der Waals surface area (Å²) in [6.45, 7) is 7.35. The molecule has 2 aromatic rings. The molecule has 114 valence electrons. The van der Waals surface area contributed by atoms with Crippen LogP contribution in [0, 0.1) is 0 Å². The molecule has 0 saturated heterocycles. The molecular weight excluding hydrogens is 264 g/mol. The number of aryl methyl sites for hydroxylation is 1. The van der Waals surface area contributed by atoms with Crippen molar-refractivity contribution in [2.24, 2.45) is 0 Å². The fourth-order valence-electron chi connectivity index (χ4n) is 2.48. The average molecular weight is 288 g/mol. The average Bonchev–Trinajstić information content (AvgIpc) is 2.96. The Morgan fingerprint density at radius 3 is 2.86 bits per heavy atom. The van der Waals surface area contributed by atoms with Gasteiger partial charge in [-0.15, -0.1) is 0 Å². The maximum atomic E-state index is 5.40. The standard InChI is InChI=1S/C16H24N4O/c1-4-8-13(17-6-3)11-14-19-16(20-21-14)15-12(5-2)9-7-10-18-15/h7,9-10,13,17H,4-6,8,11H2,1-3H3. The minimum atomic E-state index is 0.391. The van der Waals surface area contributed by atoms with E-state index in [-0.39, 0.29) is 0 Å². The summed E-state index contributed by atoms with van der Waals surface area (Å²) in [6.07, 6.45) is 5.68. The largest absolute Gasteiger partial charge is 0.339 e. The second-order valence-corrected chi connectivity index (χ2v) is 5.12. The predicted molar refractivity (Wildman–Crippen MR) is 83.0 cm³/mol. The van der Waals surface area contributed by atoms with Gasteiger partial charge < -0.3 is 9.84 Å². The van der Waals surface area contributed by atoms with Crippen molar-refractivity contribution in [2.45, 2.75) is 52.5 Å². The van der Waals surface area contributed by atoms with Crippen molar-refractivity contribution >= 4 is 0 Å². The molecule has 1 atom stereocenters. The van der Waals surface area contributed by atoms with Crippen molar-refractivity contribution < 1.29 is 4.52 Å². The summed E-state index contributed by atoms with van der Waals surface area (Å²) in [7, 11) is 0. The number of hydrogen-bond donors (Lipinski definition) is 1. The Morgan fingerprint density at radius 1 is 1.29 bits per heavy atom. The molecule has 21 heavy (non-hydrogen) atoms. The molecule has 0 saturated carbocycles. The Morgan fingerprint density at radius 2 is 2.14 bits per heavy atom. The van der Waals surface area contributed by atoms with E-state index in [1.54, 1.807) is 6.20 Å². The molecule has 5 heteroatoms. The van der Waals surface area contributed by atoms with Crippen molar-refractivity contribution in [3.8, 4) is 11.5 Å². The van der Waals surface area contributed by atoms with Crippen molar-refractivity contribution in [2.75, 3.05) is 6.54 Å². The Labute approximate surface area is 126 Å². The number of nitrogens with zero attached hydrogens (tertiary/aromatic N) is 3. The lowest BCUT2D eigenvalue weighted by Crippen LogP contribution is -2.30. The Balaban J connectivity index is 2.13. The van der Waals surface area contributed by atoms with Crippen LogP contribution in [0.25, 0.3) is 11.5 Å². The summed E-state index contributed by atoms with van der Waals surface area (Å²) in [5, 5.41) is 7.55. The molecule has 1 N–H and O–H groups in total. The van der Waals surface area contributed by atoms with Crippen molar-refractivity contribution in [1.29, 1.82) is 0 Å². The van der Waals surface area contributed by atoms with Crippen LogP contribution in [-0.4, -0.2) is 27.7 Å².